The summed E-state index contributed by atoms with van der Waals surface area (Å²) in [6.45, 7) is 6.37. The largest absolute Gasteiger partial charge is 0.469 e. The van der Waals surface area contributed by atoms with Crippen molar-refractivity contribution in [3.8, 4) is 0 Å². The van der Waals surface area contributed by atoms with Gasteiger partial charge in [-0.3, -0.25) is 4.79 Å². The fourth-order valence-electron chi connectivity index (χ4n) is 1.14. The quantitative estimate of drug-likeness (QED) is 0.714. The van der Waals surface area contributed by atoms with Crippen molar-refractivity contribution in [1.82, 2.24) is 5.32 Å². The predicted molar refractivity (Wildman–Crippen MR) is 61.4 cm³/mol. The standard InChI is InChI=1S/C11H21NO5/c1-7(9(14)16-5)8(6-13)12-10(15)17-11(2,3)4/h7-8,13H,6H2,1-5H3,(H,12,15)/t7?,8-/m0/s1. The zero-order valence-electron chi connectivity index (χ0n) is 10.9. The highest BCUT2D eigenvalue weighted by molar-refractivity contribution is 5.74. The molecule has 0 saturated heterocycles. The molecule has 0 saturated carbocycles. The van der Waals surface area contributed by atoms with Gasteiger partial charge in [-0.15, -0.1) is 0 Å². The van der Waals surface area contributed by atoms with Crippen LogP contribution in [0.1, 0.15) is 27.7 Å². The van der Waals surface area contributed by atoms with Crippen LogP contribution >= 0.6 is 0 Å². The topological polar surface area (TPSA) is 84.9 Å². The highest BCUT2D eigenvalue weighted by atomic mass is 16.6. The molecule has 0 bridgehead atoms. The van der Waals surface area contributed by atoms with Crippen LogP contribution in [0.2, 0.25) is 0 Å². The van der Waals surface area contributed by atoms with Crippen LogP contribution in [-0.2, 0) is 14.3 Å². The number of amides is 1. The monoisotopic (exact) mass is 247 g/mol. The maximum absolute atomic E-state index is 11.4. The number of carbonyl (C=O) groups excluding carboxylic acids is 2. The molecule has 1 unspecified atom stereocenters. The summed E-state index contributed by atoms with van der Waals surface area (Å²) in [6.07, 6.45) is -0.674. The Morgan fingerprint density at radius 1 is 1.35 bits per heavy atom. The molecule has 0 radical (unpaired) electrons. The molecular weight excluding hydrogens is 226 g/mol. The van der Waals surface area contributed by atoms with Crippen molar-refractivity contribution in [2.75, 3.05) is 13.7 Å². The van der Waals surface area contributed by atoms with Crippen molar-refractivity contribution in [3.63, 3.8) is 0 Å². The minimum Gasteiger partial charge on any atom is -0.469 e. The molecule has 6 heteroatoms. The van der Waals surface area contributed by atoms with Crippen LogP contribution in [0.3, 0.4) is 0 Å². The molecule has 100 valence electrons. The molecule has 0 aromatic rings. The molecule has 6 nitrogen and oxygen atoms in total. The maximum Gasteiger partial charge on any atom is 0.407 e. The fraction of sp³-hybridized carbons (Fsp3) is 0.818. The molecule has 0 aromatic heterocycles. The zero-order chi connectivity index (χ0) is 13.6. The van der Waals surface area contributed by atoms with Crippen LogP contribution in [0.25, 0.3) is 0 Å². The lowest BCUT2D eigenvalue weighted by molar-refractivity contribution is -0.146. The van der Waals surface area contributed by atoms with Gasteiger partial charge < -0.3 is 19.9 Å². The van der Waals surface area contributed by atoms with E-state index in [2.05, 4.69) is 10.1 Å². The number of hydrogen-bond donors (Lipinski definition) is 2. The van der Waals surface area contributed by atoms with E-state index in [1.165, 1.54) is 7.11 Å². The van der Waals surface area contributed by atoms with Crippen LogP contribution in [0.5, 0.6) is 0 Å². The van der Waals surface area contributed by atoms with Crippen LogP contribution in [0.15, 0.2) is 0 Å². The second kappa shape index (κ2) is 6.44. The van der Waals surface area contributed by atoms with Crippen molar-refractivity contribution < 1.29 is 24.2 Å². The first kappa shape index (κ1) is 15.7. The van der Waals surface area contributed by atoms with Gasteiger partial charge in [0.05, 0.1) is 25.7 Å². The van der Waals surface area contributed by atoms with Crippen molar-refractivity contribution in [1.29, 1.82) is 0 Å². The summed E-state index contributed by atoms with van der Waals surface area (Å²) in [5.74, 6) is -1.14. The number of nitrogens with one attached hydrogen (secondary N) is 1. The highest BCUT2D eigenvalue weighted by Gasteiger charge is 2.27. The lowest BCUT2D eigenvalue weighted by atomic mass is 10.0. The number of alkyl carbamates (subject to hydrolysis) is 1. The van der Waals surface area contributed by atoms with E-state index in [0.29, 0.717) is 0 Å². The Hall–Kier alpha value is -1.30. The molecule has 0 fully saturated rings. The van der Waals surface area contributed by atoms with Crippen LogP contribution in [0, 0.1) is 5.92 Å². The third kappa shape index (κ3) is 6.11. The van der Waals surface area contributed by atoms with Gasteiger partial charge in [-0.2, -0.15) is 0 Å². The third-order valence-corrected chi connectivity index (χ3v) is 2.08. The summed E-state index contributed by atoms with van der Waals surface area (Å²) < 4.78 is 9.56. The number of methoxy groups -OCH3 is 1. The summed E-state index contributed by atoms with van der Waals surface area (Å²) in [4.78, 5) is 22.7. The maximum atomic E-state index is 11.4. The van der Waals surface area contributed by atoms with E-state index in [0.717, 1.165) is 0 Å². The summed E-state index contributed by atoms with van der Waals surface area (Å²) >= 11 is 0. The van der Waals surface area contributed by atoms with Gasteiger partial charge in [0.1, 0.15) is 5.60 Å². The molecule has 0 aliphatic rings. The van der Waals surface area contributed by atoms with Gasteiger partial charge in [0.2, 0.25) is 0 Å². The Morgan fingerprint density at radius 2 is 1.88 bits per heavy atom. The van der Waals surface area contributed by atoms with Gasteiger partial charge in [0.15, 0.2) is 0 Å². The zero-order valence-corrected chi connectivity index (χ0v) is 10.9. The lowest BCUT2D eigenvalue weighted by Crippen LogP contribution is -2.46. The molecule has 0 aliphatic carbocycles. The Labute approximate surface area is 101 Å². The number of aliphatic hydroxyl groups excluding tert-OH is 1. The number of ether oxygens (including phenoxy) is 2. The van der Waals surface area contributed by atoms with Gasteiger partial charge in [-0.1, -0.05) is 0 Å². The Morgan fingerprint density at radius 3 is 2.24 bits per heavy atom. The summed E-state index contributed by atoms with van der Waals surface area (Å²) in [5, 5.41) is 11.5. The Kier molecular flexibility index (Phi) is 5.95. The molecule has 1 amide bonds. The second-order valence-corrected chi connectivity index (χ2v) is 4.75. The lowest BCUT2D eigenvalue weighted by Gasteiger charge is -2.24. The average molecular weight is 247 g/mol. The van der Waals surface area contributed by atoms with E-state index < -0.39 is 29.6 Å². The minimum absolute atomic E-state index is 0.366. The van der Waals surface area contributed by atoms with Crippen molar-refractivity contribution in [2.24, 2.45) is 5.92 Å². The van der Waals surface area contributed by atoms with E-state index in [9.17, 15) is 9.59 Å². The third-order valence-electron chi connectivity index (χ3n) is 2.08. The minimum atomic E-state index is -0.725. The second-order valence-electron chi connectivity index (χ2n) is 4.75. The SMILES string of the molecule is COC(=O)C(C)[C@H](CO)NC(=O)OC(C)(C)C. The smallest absolute Gasteiger partial charge is 0.407 e. The number of rotatable bonds is 4. The first-order chi connectivity index (χ1) is 7.71. The Balaban J connectivity index is 4.40. The summed E-state index contributed by atoms with van der Waals surface area (Å²) in [6, 6.07) is -0.725. The van der Waals surface area contributed by atoms with Gasteiger partial charge in [0, 0.05) is 0 Å². The molecule has 17 heavy (non-hydrogen) atoms. The molecule has 0 aliphatic heterocycles. The molecule has 0 spiro atoms. The van der Waals surface area contributed by atoms with Crippen LogP contribution < -0.4 is 5.32 Å². The van der Waals surface area contributed by atoms with Gasteiger partial charge in [0.25, 0.3) is 0 Å². The number of carbonyl (C=O) groups is 2. The van der Waals surface area contributed by atoms with Crippen LogP contribution in [0.4, 0.5) is 4.79 Å². The van der Waals surface area contributed by atoms with E-state index in [-0.39, 0.29) is 6.61 Å². The number of aliphatic hydroxyl groups is 1. The van der Waals surface area contributed by atoms with Crippen LogP contribution in [-0.4, -0.2) is 42.5 Å². The number of hydrogen-bond acceptors (Lipinski definition) is 5. The highest BCUT2D eigenvalue weighted by Crippen LogP contribution is 2.09. The van der Waals surface area contributed by atoms with Crippen molar-refractivity contribution in [2.45, 2.75) is 39.3 Å². The number of esters is 1. The van der Waals surface area contributed by atoms with Crippen molar-refractivity contribution >= 4 is 12.1 Å². The normalized spacial score (nSPS) is 14.7. The van der Waals surface area contributed by atoms with E-state index in [4.69, 9.17) is 9.84 Å². The molecular formula is C11H21NO5. The van der Waals surface area contributed by atoms with Gasteiger partial charge in [-0.25, -0.2) is 4.79 Å². The first-order valence-corrected chi connectivity index (χ1v) is 5.39. The van der Waals surface area contributed by atoms with E-state index >= 15 is 0 Å². The summed E-state index contributed by atoms with van der Waals surface area (Å²) in [5.41, 5.74) is -0.626. The average Bonchev–Trinajstić information content (AvgIpc) is 2.21. The molecule has 0 aromatic carbocycles. The van der Waals surface area contributed by atoms with E-state index in [1.807, 2.05) is 0 Å². The molecule has 2 atom stereocenters. The molecule has 0 rings (SSSR count). The van der Waals surface area contributed by atoms with Gasteiger partial charge >= 0.3 is 12.1 Å². The molecule has 0 heterocycles. The Bertz CT molecular complexity index is 272. The van der Waals surface area contributed by atoms with Gasteiger partial charge in [-0.05, 0) is 27.7 Å². The van der Waals surface area contributed by atoms with Crippen molar-refractivity contribution in [3.05, 3.63) is 0 Å². The first-order valence-electron chi connectivity index (χ1n) is 5.39. The molecule has 2 N–H and O–H groups in total. The van der Waals surface area contributed by atoms with E-state index in [1.54, 1.807) is 27.7 Å². The fourth-order valence-corrected chi connectivity index (χ4v) is 1.14. The predicted octanol–water partition coefficient (Wildman–Crippen LogP) is 0.681. The summed E-state index contributed by atoms with van der Waals surface area (Å²) in [7, 11) is 1.25.